The first-order valence-electron chi connectivity index (χ1n) is 6.44. The van der Waals surface area contributed by atoms with Gasteiger partial charge in [0.05, 0.1) is 0 Å². The van der Waals surface area contributed by atoms with Crippen LogP contribution in [0.4, 0.5) is 4.39 Å². The number of rotatable bonds is 7. The zero-order chi connectivity index (χ0) is 16.0. The number of benzene rings is 1. The molecule has 1 N–H and O–H groups in total. The summed E-state index contributed by atoms with van der Waals surface area (Å²) in [5, 5.41) is 2.65. The van der Waals surface area contributed by atoms with Gasteiger partial charge < -0.3 is 10.1 Å². The minimum absolute atomic E-state index is 0.162. The summed E-state index contributed by atoms with van der Waals surface area (Å²) in [5.41, 5.74) is 0. The molecule has 0 spiro atoms. The second-order valence-electron chi connectivity index (χ2n) is 4.43. The largest absolute Gasteiger partial charge is 0.479 e. The first-order chi connectivity index (χ1) is 9.75. The van der Waals surface area contributed by atoms with Crippen LogP contribution in [0.5, 0.6) is 5.75 Å². The minimum atomic E-state index is -4.17. The maximum absolute atomic E-state index is 13.1. The number of nitrogens with one attached hydrogen (secondary N) is 1. The van der Waals surface area contributed by atoms with Crippen molar-refractivity contribution in [2.45, 2.75) is 37.7 Å². The molecule has 0 saturated carbocycles. The Morgan fingerprint density at radius 1 is 1.48 bits per heavy atom. The molecule has 0 aliphatic heterocycles. The lowest BCUT2D eigenvalue weighted by Gasteiger charge is -2.16. The van der Waals surface area contributed by atoms with E-state index < -0.39 is 25.9 Å². The average Bonchev–Trinajstić information content (AvgIpc) is 2.39. The second kappa shape index (κ2) is 7.61. The topological polar surface area (TPSA) is 72.5 Å². The standard InChI is InChI=1S/C13H17ClFNO4S/c1-3-4-7-16-13(17)9(2)20-11-6-5-10(15)8-12(11)21(14,18)19/h5-6,8-9H,3-4,7H2,1-2H3,(H,16,17). The summed E-state index contributed by atoms with van der Waals surface area (Å²) in [4.78, 5) is 11.3. The molecule has 0 heterocycles. The van der Waals surface area contributed by atoms with Gasteiger partial charge in [-0.25, -0.2) is 12.8 Å². The molecule has 0 saturated heterocycles. The van der Waals surface area contributed by atoms with Crippen molar-refractivity contribution in [3.8, 4) is 5.75 Å². The van der Waals surface area contributed by atoms with Gasteiger partial charge in [-0.2, -0.15) is 0 Å². The third-order valence-electron chi connectivity index (χ3n) is 2.67. The number of ether oxygens (including phenoxy) is 1. The molecular weight excluding hydrogens is 321 g/mol. The summed E-state index contributed by atoms with van der Waals surface area (Å²) in [6, 6.07) is 2.91. The SMILES string of the molecule is CCCCNC(=O)C(C)Oc1ccc(F)cc1S(=O)(=O)Cl. The highest BCUT2D eigenvalue weighted by Crippen LogP contribution is 2.28. The molecule has 1 aromatic rings. The number of hydrogen-bond acceptors (Lipinski definition) is 4. The molecule has 1 unspecified atom stereocenters. The lowest BCUT2D eigenvalue weighted by Crippen LogP contribution is -2.37. The highest BCUT2D eigenvalue weighted by molar-refractivity contribution is 8.13. The normalized spacial score (nSPS) is 12.8. The van der Waals surface area contributed by atoms with Crippen molar-refractivity contribution in [2.24, 2.45) is 0 Å². The second-order valence-corrected chi connectivity index (χ2v) is 6.97. The Bertz CT molecular complexity index is 606. The third-order valence-corrected chi connectivity index (χ3v) is 4.01. The first kappa shape index (κ1) is 17.7. The van der Waals surface area contributed by atoms with Crippen molar-refractivity contribution in [1.29, 1.82) is 0 Å². The van der Waals surface area contributed by atoms with Crippen molar-refractivity contribution in [1.82, 2.24) is 5.32 Å². The van der Waals surface area contributed by atoms with Gasteiger partial charge >= 0.3 is 0 Å². The molecule has 1 amide bonds. The maximum atomic E-state index is 13.1. The molecule has 1 rings (SSSR count). The molecule has 0 radical (unpaired) electrons. The van der Waals surface area contributed by atoms with Crippen LogP contribution in [0.15, 0.2) is 23.1 Å². The Morgan fingerprint density at radius 2 is 2.14 bits per heavy atom. The van der Waals surface area contributed by atoms with Gasteiger partial charge in [0, 0.05) is 17.2 Å². The van der Waals surface area contributed by atoms with E-state index >= 15 is 0 Å². The zero-order valence-electron chi connectivity index (χ0n) is 11.7. The summed E-state index contributed by atoms with van der Waals surface area (Å²) in [6.45, 7) is 3.96. The van der Waals surface area contributed by atoms with E-state index in [2.05, 4.69) is 5.32 Å². The summed E-state index contributed by atoms with van der Waals surface area (Å²) in [7, 11) is 1.05. The molecule has 0 aromatic heterocycles. The van der Waals surface area contributed by atoms with Gasteiger partial charge in [0.1, 0.15) is 16.5 Å². The van der Waals surface area contributed by atoms with Crippen LogP contribution in [0.3, 0.4) is 0 Å². The summed E-state index contributed by atoms with van der Waals surface area (Å²) >= 11 is 0. The molecular formula is C13H17ClFNO4S. The van der Waals surface area contributed by atoms with E-state index in [1.165, 1.54) is 6.92 Å². The van der Waals surface area contributed by atoms with Crippen LogP contribution in [0.1, 0.15) is 26.7 Å². The van der Waals surface area contributed by atoms with Crippen LogP contribution in [-0.2, 0) is 13.8 Å². The smallest absolute Gasteiger partial charge is 0.265 e. The van der Waals surface area contributed by atoms with Gasteiger partial charge in [0.25, 0.3) is 15.0 Å². The Hall–Kier alpha value is -1.34. The number of hydrogen-bond donors (Lipinski definition) is 1. The predicted molar refractivity (Wildman–Crippen MR) is 77.4 cm³/mol. The predicted octanol–water partition coefficient (Wildman–Crippen LogP) is 2.44. The van der Waals surface area contributed by atoms with E-state index in [4.69, 9.17) is 15.4 Å². The maximum Gasteiger partial charge on any atom is 0.265 e. The molecule has 8 heteroatoms. The number of carbonyl (C=O) groups excluding carboxylic acids is 1. The van der Waals surface area contributed by atoms with Crippen LogP contribution >= 0.6 is 10.7 Å². The molecule has 21 heavy (non-hydrogen) atoms. The Kier molecular flexibility index (Phi) is 6.42. The Labute approximate surface area is 127 Å². The van der Waals surface area contributed by atoms with Crippen LogP contribution in [-0.4, -0.2) is 27.0 Å². The van der Waals surface area contributed by atoms with Gasteiger partial charge in [0.2, 0.25) is 0 Å². The van der Waals surface area contributed by atoms with Gasteiger partial charge in [-0.3, -0.25) is 4.79 Å². The molecule has 1 aromatic carbocycles. The number of unbranched alkanes of at least 4 members (excludes halogenated alkanes) is 1. The van der Waals surface area contributed by atoms with E-state index in [9.17, 15) is 17.6 Å². The lowest BCUT2D eigenvalue weighted by atomic mass is 10.3. The number of carbonyl (C=O) groups is 1. The van der Waals surface area contributed by atoms with E-state index in [0.717, 1.165) is 31.0 Å². The zero-order valence-corrected chi connectivity index (χ0v) is 13.3. The number of halogens is 2. The van der Waals surface area contributed by atoms with Crippen molar-refractivity contribution < 1.29 is 22.3 Å². The molecule has 0 fully saturated rings. The van der Waals surface area contributed by atoms with Crippen LogP contribution < -0.4 is 10.1 Å². The quantitative estimate of drug-likeness (QED) is 0.612. The molecule has 0 aliphatic rings. The van der Waals surface area contributed by atoms with Crippen LogP contribution in [0.2, 0.25) is 0 Å². The van der Waals surface area contributed by atoms with Gasteiger partial charge in [-0.1, -0.05) is 13.3 Å². The average molecular weight is 338 g/mol. The number of amides is 1. The Morgan fingerprint density at radius 3 is 2.71 bits per heavy atom. The minimum Gasteiger partial charge on any atom is -0.479 e. The van der Waals surface area contributed by atoms with Gasteiger partial charge in [-0.15, -0.1) is 0 Å². The van der Waals surface area contributed by atoms with E-state index in [0.29, 0.717) is 6.54 Å². The fraction of sp³-hybridized carbons (Fsp3) is 0.462. The summed E-state index contributed by atoms with van der Waals surface area (Å²) < 4.78 is 41.2. The third kappa shape index (κ3) is 5.51. The monoisotopic (exact) mass is 337 g/mol. The van der Waals surface area contributed by atoms with E-state index in [-0.39, 0.29) is 11.7 Å². The summed E-state index contributed by atoms with van der Waals surface area (Å²) in [5.74, 6) is -1.31. The highest BCUT2D eigenvalue weighted by Gasteiger charge is 2.22. The van der Waals surface area contributed by atoms with Crippen molar-refractivity contribution in [3.05, 3.63) is 24.0 Å². The highest BCUT2D eigenvalue weighted by atomic mass is 35.7. The van der Waals surface area contributed by atoms with Crippen LogP contribution in [0, 0.1) is 5.82 Å². The van der Waals surface area contributed by atoms with Gasteiger partial charge in [0.15, 0.2) is 6.10 Å². The molecule has 118 valence electrons. The van der Waals surface area contributed by atoms with Crippen molar-refractivity contribution >= 4 is 25.6 Å². The molecule has 0 aliphatic carbocycles. The van der Waals surface area contributed by atoms with E-state index in [1.54, 1.807) is 0 Å². The molecule has 5 nitrogen and oxygen atoms in total. The first-order valence-corrected chi connectivity index (χ1v) is 8.75. The molecule has 0 bridgehead atoms. The fourth-order valence-corrected chi connectivity index (χ4v) is 2.52. The summed E-state index contributed by atoms with van der Waals surface area (Å²) in [6.07, 6.45) is 0.836. The van der Waals surface area contributed by atoms with Gasteiger partial charge in [-0.05, 0) is 31.5 Å². The van der Waals surface area contributed by atoms with Crippen molar-refractivity contribution in [2.75, 3.05) is 6.54 Å². The lowest BCUT2D eigenvalue weighted by molar-refractivity contribution is -0.127. The fourth-order valence-electron chi connectivity index (χ4n) is 1.55. The van der Waals surface area contributed by atoms with Crippen molar-refractivity contribution in [3.63, 3.8) is 0 Å². The van der Waals surface area contributed by atoms with Crippen LogP contribution in [0.25, 0.3) is 0 Å². The molecule has 1 atom stereocenters. The van der Waals surface area contributed by atoms with E-state index in [1.807, 2.05) is 6.92 Å². The Balaban J connectivity index is 2.85.